The molecule has 0 aliphatic carbocycles. The smallest absolute Gasteiger partial charge is 0.412 e. The molecule has 1 heterocycles. The van der Waals surface area contributed by atoms with E-state index in [2.05, 4.69) is 10.6 Å². The number of benzene rings is 1. The van der Waals surface area contributed by atoms with Crippen molar-refractivity contribution in [1.82, 2.24) is 5.32 Å². The van der Waals surface area contributed by atoms with Gasteiger partial charge in [-0.25, -0.2) is 4.79 Å². The molecule has 3 N–H and O–H groups in total. The molecular weight excluding hydrogens is 244 g/mol. The van der Waals surface area contributed by atoms with Crippen molar-refractivity contribution < 1.29 is 14.6 Å². The van der Waals surface area contributed by atoms with E-state index in [1.807, 2.05) is 26.8 Å². The minimum absolute atomic E-state index is 0.497. The summed E-state index contributed by atoms with van der Waals surface area (Å²) >= 11 is 0. The van der Waals surface area contributed by atoms with Gasteiger partial charge < -0.3 is 15.2 Å². The third-order valence-electron chi connectivity index (χ3n) is 2.88. The molecule has 0 unspecified atom stereocenters. The van der Waals surface area contributed by atoms with Gasteiger partial charge in [-0.3, -0.25) is 5.32 Å². The highest BCUT2D eigenvalue weighted by Crippen LogP contribution is 2.27. The zero-order valence-corrected chi connectivity index (χ0v) is 11.5. The highest BCUT2D eigenvalue weighted by Gasteiger charge is 2.36. The van der Waals surface area contributed by atoms with Crippen LogP contribution in [0.2, 0.25) is 0 Å². The molecule has 5 nitrogen and oxygen atoms in total. The van der Waals surface area contributed by atoms with Gasteiger partial charge in [0.05, 0.1) is 0 Å². The Morgan fingerprint density at radius 1 is 1.42 bits per heavy atom. The van der Waals surface area contributed by atoms with Crippen LogP contribution in [0.4, 0.5) is 10.5 Å². The number of β-amino-alcohol motifs (C(OH)–C–C–N with tert-alkyl or cyclic N) is 1. The average molecular weight is 264 g/mol. The van der Waals surface area contributed by atoms with E-state index in [9.17, 15) is 9.90 Å². The Labute approximate surface area is 113 Å². The number of rotatable bonds is 2. The maximum atomic E-state index is 11.7. The fourth-order valence-electron chi connectivity index (χ4n) is 1.87. The molecule has 1 aliphatic heterocycles. The van der Waals surface area contributed by atoms with Crippen molar-refractivity contribution in [1.29, 1.82) is 0 Å². The molecule has 19 heavy (non-hydrogen) atoms. The Kier molecular flexibility index (Phi) is 3.52. The lowest BCUT2D eigenvalue weighted by Gasteiger charge is -2.38. The summed E-state index contributed by atoms with van der Waals surface area (Å²) in [5, 5.41) is 15.9. The summed E-state index contributed by atoms with van der Waals surface area (Å²) in [4.78, 5) is 11.7. The van der Waals surface area contributed by atoms with Gasteiger partial charge in [0.2, 0.25) is 0 Å². The van der Waals surface area contributed by atoms with E-state index >= 15 is 0 Å². The van der Waals surface area contributed by atoms with Gasteiger partial charge in [0.15, 0.2) is 0 Å². The second kappa shape index (κ2) is 4.83. The maximum absolute atomic E-state index is 11.7. The first kappa shape index (κ1) is 13.8. The summed E-state index contributed by atoms with van der Waals surface area (Å²) in [6, 6.07) is 7.19. The van der Waals surface area contributed by atoms with Gasteiger partial charge in [-0.05, 0) is 38.5 Å². The third kappa shape index (κ3) is 3.45. The molecule has 104 valence electrons. The molecule has 0 saturated carbocycles. The fraction of sp³-hybridized carbons (Fsp3) is 0.500. The molecule has 1 aliphatic rings. The number of amides is 1. The average Bonchev–Trinajstić information content (AvgIpc) is 2.23. The van der Waals surface area contributed by atoms with Crippen LogP contribution in [0.15, 0.2) is 24.3 Å². The molecule has 0 atom stereocenters. The first-order valence-electron chi connectivity index (χ1n) is 6.32. The van der Waals surface area contributed by atoms with Crippen LogP contribution in [0.5, 0.6) is 0 Å². The van der Waals surface area contributed by atoms with Gasteiger partial charge in [0, 0.05) is 18.8 Å². The third-order valence-corrected chi connectivity index (χ3v) is 2.88. The van der Waals surface area contributed by atoms with Crippen molar-refractivity contribution in [3.63, 3.8) is 0 Å². The lowest BCUT2D eigenvalue weighted by Crippen LogP contribution is -2.56. The summed E-state index contributed by atoms with van der Waals surface area (Å²) in [7, 11) is 0. The minimum Gasteiger partial charge on any atom is -0.444 e. The van der Waals surface area contributed by atoms with Crippen LogP contribution >= 0.6 is 0 Å². The Bertz CT molecular complexity index is 476. The monoisotopic (exact) mass is 264 g/mol. The largest absolute Gasteiger partial charge is 0.444 e. The van der Waals surface area contributed by atoms with Crippen molar-refractivity contribution in [2.24, 2.45) is 0 Å². The summed E-state index contributed by atoms with van der Waals surface area (Å²) in [6.45, 7) is 6.50. The summed E-state index contributed by atoms with van der Waals surface area (Å²) in [5.74, 6) is 0. The van der Waals surface area contributed by atoms with Crippen LogP contribution in [0.1, 0.15) is 26.3 Å². The Morgan fingerprint density at radius 3 is 2.63 bits per heavy atom. The molecule has 1 saturated heterocycles. The second-order valence-corrected chi connectivity index (χ2v) is 5.84. The minimum atomic E-state index is -0.828. The molecule has 0 spiro atoms. The number of aliphatic hydroxyl groups is 1. The van der Waals surface area contributed by atoms with Gasteiger partial charge in [-0.15, -0.1) is 0 Å². The fourth-order valence-corrected chi connectivity index (χ4v) is 1.87. The van der Waals surface area contributed by atoms with Gasteiger partial charge in [-0.1, -0.05) is 12.1 Å². The van der Waals surface area contributed by atoms with E-state index in [0.717, 1.165) is 5.56 Å². The normalized spacial score (nSPS) is 17.5. The van der Waals surface area contributed by atoms with Crippen LogP contribution in [0.3, 0.4) is 0 Å². The van der Waals surface area contributed by atoms with E-state index in [0.29, 0.717) is 18.8 Å². The SMILES string of the molecule is CC(C)(C)OC(=O)Nc1cccc(C2(O)CNC2)c1. The summed E-state index contributed by atoms with van der Waals surface area (Å²) in [5.41, 5.74) is 0.0514. The predicted octanol–water partition coefficient (Wildman–Crippen LogP) is 1.82. The lowest BCUT2D eigenvalue weighted by molar-refractivity contribution is -0.0146. The van der Waals surface area contributed by atoms with Crippen LogP contribution in [-0.2, 0) is 10.3 Å². The van der Waals surface area contributed by atoms with E-state index in [-0.39, 0.29) is 0 Å². The molecule has 0 radical (unpaired) electrons. The number of carbonyl (C=O) groups is 1. The maximum Gasteiger partial charge on any atom is 0.412 e. The standard InChI is InChI=1S/C14H20N2O3/c1-13(2,3)19-12(17)16-11-6-4-5-10(7-11)14(18)8-15-9-14/h4-7,15,18H,8-9H2,1-3H3,(H,16,17). The van der Waals surface area contributed by atoms with Crippen LogP contribution in [0.25, 0.3) is 0 Å². The van der Waals surface area contributed by atoms with Crippen molar-refractivity contribution in [2.75, 3.05) is 18.4 Å². The molecule has 2 rings (SSSR count). The molecule has 1 aromatic carbocycles. The van der Waals surface area contributed by atoms with Gasteiger partial charge in [-0.2, -0.15) is 0 Å². The van der Waals surface area contributed by atoms with Crippen LogP contribution in [-0.4, -0.2) is 29.9 Å². The number of ether oxygens (including phenoxy) is 1. The topological polar surface area (TPSA) is 70.6 Å². The van der Waals surface area contributed by atoms with E-state index < -0.39 is 17.3 Å². The molecule has 1 amide bonds. The first-order chi connectivity index (χ1) is 8.78. The van der Waals surface area contributed by atoms with Crippen LogP contribution < -0.4 is 10.6 Å². The van der Waals surface area contributed by atoms with Gasteiger partial charge in [0.1, 0.15) is 11.2 Å². The number of nitrogens with one attached hydrogen (secondary N) is 2. The van der Waals surface area contributed by atoms with Crippen molar-refractivity contribution in [3.05, 3.63) is 29.8 Å². The van der Waals surface area contributed by atoms with Crippen molar-refractivity contribution >= 4 is 11.8 Å². The first-order valence-corrected chi connectivity index (χ1v) is 6.32. The van der Waals surface area contributed by atoms with E-state index in [4.69, 9.17) is 4.74 Å². The lowest BCUT2D eigenvalue weighted by atomic mass is 9.88. The highest BCUT2D eigenvalue weighted by molar-refractivity contribution is 5.85. The number of hydrogen-bond donors (Lipinski definition) is 3. The quantitative estimate of drug-likeness (QED) is 0.762. The Hall–Kier alpha value is -1.59. The van der Waals surface area contributed by atoms with E-state index in [1.165, 1.54) is 0 Å². The second-order valence-electron chi connectivity index (χ2n) is 5.84. The van der Waals surface area contributed by atoms with E-state index in [1.54, 1.807) is 18.2 Å². The molecule has 1 aromatic rings. The number of carbonyl (C=O) groups excluding carboxylic acids is 1. The van der Waals surface area contributed by atoms with Gasteiger partial charge in [0.25, 0.3) is 0 Å². The number of hydrogen-bond acceptors (Lipinski definition) is 4. The predicted molar refractivity (Wildman–Crippen MR) is 73.1 cm³/mol. The van der Waals surface area contributed by atoms with Crippen LogP contribution in [0, 0.1) is 0 Å². The van der Waals surface area contributed by atoms with Gasteiger partial charge >= 0.3 is 6.09 Å². The number of anilines is 1. The highest BCUT2D eigenvalue weighted by atomic mass is 16.6. The zero-order chi connectivity index (χ0) is 14.1. The zero-order valence-electron chi connectivity index (χ0n) is 11.5. The molecular formula is C14H20N2O3. The Morgan fingerprint density at radius 2 is 2.11 bits per heavy atom. The van der Waals surface area contributed by atoms with Crippen molar-refractivity contribution in [3.8, 4) is 0 Å². The summed E-state index contributed by atoms with van der Waals surface area (Å²) in [6.07, 6.45) is -0.497. The molecule has 0 aromatic heterocycles. The Balaban J connectivity index is 2.05. The molecule has 1 fully saturated rings. The van der Waals surface area contributed by atoms with Crippen molar-refractivity contribution in [2.45, 2.75) is 32.0 Å². The molecule has 0 bridgehead atoms. The summed E-state index contributed by atoms with van der Waals surface area (Å²) < 4.78 is 5.18. The molecule has 5 heteroatoms.